The van der Waals surface area contributed by atoms with Crippen LogP contribution in [-0.4, -0.2) is 41.0 Å². The second kappa shape index (κ2) is 4.53. The highest BCUT2D eigenvalue weighted by atomic mass is 19.1. The molecule has 1 atom stereocenters. The standard InChI is InChI=1S/C10H15FN4/c1-15-4-2-3-9(7-15)14-10-12-5-8(11)6-13-10/h5-6,9H,2-4,7H2,1H3,(H,12,13,14). The van der Waals surface area contributed by atoms with Crippen LogP contribution in [0.2, 0.25) is 0 Å². The van der Waals surface area contributed by atoms with Crippen molar-refractivity contribution in [3.8, 4) is 0 Å². The Morgan fingerprint density at radius 1 is 1.47 bits per heavy atom. The zero-order valence-electron chi connectivity index (χ0n) is 8.78. The van der Waals surface area contributed by atoms with Gasteiger partial charge >= 0.3 is 0 Å². The monoisotopic (exact) mass is 210 g/mol. The summed E-state index contributed by atoms with van der Waals surface area (Å²) in [6, 6.07) is 0.370. The van der Waals surface area contributed by atoms with E-state index in [4.69, 9.17) is 0 Å². The number of hydrogen-bond acceptors (Lipinski definition) is 4. The fourth-order valence-electron chi connectivity index (χ4n) is 1.85. The maximum Gasteiger partial charge on any atom is 0.223 e. The van der Waals surface area contributed by atoms with Crippen LogP contribution in [0.3, 0.4) is 0 Å². The number of nitrogens with zero attached hydrogens (tertiary/aromatic N) is 3. The molecule has 5 heteroatoms. The number of halogens is 1. The Kier molecular flexibility index (Phi) is 3.11. The molecule has 1 aliphatic heterocycles. The van der Waals surface area contributed by atoms with Crippen LogP contribution in [-0.2, 0) is 0 Å². The van der Waals surface area contributed by atoms with Crippen LogP contribution >= 0.6 is 0 Å². The molecule has 2 heterocycles. The average Bonchev–Trinajstić information content (AvgIpc) is 2.22. The zero-order valence-corrected chi connectivity index (χ0v) is 8.78. The second-order valence-electron chi connectivity index (χ2n) is 3.97. The first-order chi connectivity index (χ1) is 7.24. The summed E-state index contributed by atoms with van der Waals surface area (Å²) < 4.78 is 12.6. The molecule has 0 spiro atoms. The van der Waals surface area contributed by atoms with Crippen molar-refractivity contribution < 1.29 is 4.39 Å². The molecule has 1 aromatic heterocycles. The van der Waals surface area contributed by atoms with Gasteiger partial charge in [0.15, 0.2) is 5.82 Å². The summed E-state index contributed by atoms with van der Waals surface area (Å²) in [4.78, 5) is 10.0. The Morgan fingerprint density at radius 2 is 2.20 bits per heavy atom. The van der Waals surface area contributed by atoms with Crippen molar-refractivity contribution in [2.45, 2.75) is 18.9 Å². The molecule has 0 bridgehead atoms. The van der Waals surface area contributed by atoms with Crippen LogP contribution in [0.15, 0.2) is 12.4 Å². The van der Waals surface area contributed by atoms with Gasteiger partial charge in [0.1, 0.15) is 0 Å². The lowest BCUT2D eigenvalue weighted by molar-refractivity contribution is 0.260. The van der Waals surface area contributed by atoms with Crippen molar-refractivity contribution in [3.63, 3.8) is 0 Å². The quantitative estimate of drug-likeness (QED) is 0.794. The lowest BCUT2D eigenvalue weighted by Crippen LogP contribution is -2.40. The molecule has 1 unspecified atom stereocenters. The summed E-state index contributed by atoms with van der Waals surface area (Å²) in [7, 11) is 2.10. The summed E-state index contributed by atoms with van der Waals surface area (Å²) in [5, 5.41) is 3.21. The highest BCUT2D eigenvalue weighted by molar-refractivity contribution is 5.24. The van der Waals surface area contributed by atoms with E-state index in [2.05, 4.69) is 27.2 Å². The predicted molar refractivity (Wildman–Crippen MR) is 56.1 cm³/mol. The number of aromatic nitrogens is 2. The van der Waals surface area contributed by atoms with Gasteiger partial charge in [0.2, 0.25) is 5.95 Å². The predicted octanol–water partition coefficient (Wildman–Crippen LogP) is 1.12. The fraction of sp³-hybridized carbons (Fsp3) is 0.600. The highest BCUT2D eigenvalue weighted by Crippen LogP contribution is 2.11. The van der Waals surface area contributed by atoms with Crippen molar-refractivity contribution in [2.75, 3.05) is 25.5 Å². The van der Waals surface area contributed by atoms with Crippen molar-refractivity contribution in [1.29, 1.82) is 0 Å². The van der Waals surface area contributed by atoms with Crippen molar-refractivity contribution in [1.82, 2.24) is 14.9 Å². The number of likely N-dealkylation sites (N-methyl/N-ethyl adjacent to an activating group) is 1. The molecule has 0 saturated carbocycles. The Balaban J connectivity index is 1.93. The summed E-state index contributed by atoms with van der Waals surface area (Å²) in [5.41, 5.74) is 0. The summed E-state index contributed by atoms with van der Waals surface area (Å²) >= 11 is 0. The molecule has 4 nitrogen and oxygen atoms in total. The molecule has 1 aliphatic rings. The van der Waals surface area contributed by atoms with Crippen LogP contribution < -0.4 is 5.32 Å². The molecule has 0 amide bonds. The molecular weight excluding hydrogens is 195 g/mol. The van der Waals surface area contributed by atoms with Crippen LogP contribution in [0.5, 0.6) is 0 Å². The minimum Gasteiger partial charge on any atom is -0.350 e. The van der Waals surface area contributed by atoms with Gasteiger partial charge in [0.05, 0.1) is 12.4 Å². The Labute approximate surface area is 88.5 Å². The zero-order chi connectivity index (χ0) is 10.7. The number of anilines is 1. The van der Waals surface area contributed by atoms with Gasteiger partial charge in [-0.1, -0.05) is 0 Å². The van der Waals surface area contributed by atoms with Gasteiger partial charge in [-0.2, -0.15) is 0 Å². The normalized spacial score (nSPS) is 22.7. The van der Waals surface area contributed by atoms with E-state index in [1.165, 1.54) is 18.8 Å². The molecule has 2 rings (SSSR count). The Morgan fingerprint density at radius 3 is 2.87 bits per heavy atom. The third kappa shape index (κ3) is 2.86. The van der Waals surface area contributed by atoms with E-state index >= 15 is 0 Å². The van der Waals surface area contributed by atoms with Crippen molar-refractivity contribution in [3.05, 3.63) is 18.2 Å². The molecule has 1 aromatic rings. The summed E-state index contributed by atoms with van der Waals surface area (Å²) in [6.45, 7) is 2.13. The Bertz CT molecular complexity index is 314. The van der Waals surface area contributed by atoms with Crippen LogP contribution in [0, 0.1) is 5.82 Å². The van der Waals surface area contributed by atoms with Gasteiger partial charge in [0, 0.05) is 12.6 Å². The minimum atomic E-state index is -0.402. The highest BCUT2D eigenvalue weighted by Gasteiger charge is 2.17. The smallest absolute Gasteiger partial charge is 0.223 e. The maximum atomic E-state index is 12.6. The van der Waals surface area contributed by atoms with Gasteiger partial charge in [-0.05, 0) is 26.4 Å². The first kappa shape index (κ1) is 10.3. The number of hydrogen-bond donors (Lipinski definition) is 1. The second-order valence-corrected chi connectivity index (χ2v) is 3.97. The van der Waals surface area contributed by atoms with E-state index in [0.29, 0.717) is 12.0 Å². The first-order valence-electron chi connectivity index (χ1n) is 5.16. The van der Waals surface area contributed by atoms with E-state index in [9.17, 15) is 4.39 Å². The van der Waals surface area contributed by atoms with E-state index < -0.39 is 5.82 Å². The van der Waals surface area contributed by atoms with Crippen LogP contribution in [0.1, 0.15) is 12.8 Å². The van der Waals surface area contributed by atoms with Crippen molar-refractivity contribution in [2.24, 2.45) is 0 Å². The van der Waals surface area contributed by atoms with E-state index in [0.717, 1.165) is 19.5 Å². The fourth-order valence-corrected chi connectivity index (χ4v) is 1.85. The topological polar surface area (TPSA) is 41.0 Å². The van der Waals surface area contributed by atoms with E-state index in [-0.39, 0.29) is 0 Å². The van der Waals surface area contributed by atoms with E-state index in [1.807, 2.05) is 0 Å². The molecule has 82 valence electrons. The average molecular weight is 210 g/mol. The number of piperidine rings is 1. The van der Waals surface area contributed by atoms with E-state index in [1.54, 1.807) is 0 Å². The number of rotatable bonds is 2. The Hall–Kier alpha value is -1.23. The lowest BCUT2D eigenvalue weighted by Gasteiger charge is -2.30. The maximum absolute atomic E-state index is 12.6. The van der Waals surface area contributed by atoms with Crippen LogP contribution in [0.4, 0.5) is 10.3 Å². The number of nitrogens with one attached hydrogen (secondary N) is 1. The van der Waals surface area contributed by atoms with Gasteiger partial charge in [-0.25, -0.2) is 14.4 Å². The third-order valence-electron chi connectivity index (χ3n) is 2.58. The molecule has 15 heavy (non-hydrogen) atoms. The molecule has 1 N–H and O–H groups in total. The molecular formula is C10H15FN4. The minimum absolute atomic E-state index is 0.370. The van der Waals surface area contributed by atoms with Crippen LogP contribution in [0.25, 0.3) is 0 Å². The van der Waals surface area contributed by atoms with Gasteiger partial charge in [0.25, 0.3) is 0 Å². The molecule has 1 fully saturated rings. The lowest BCUT2D eigenvalue weighted by atomic mass is 10.1. The van der Waals surface area contributed by atoms with Gasteiger partial charge < -0.3 is 10.2 Å². The van der Waals surface area contributed by atoms with Gasteiger partial charge in [-0.15, -0.1) is 0 Å². The molecule has 0 aliphatic carbocycles. The number of likely N-dealkylation sites (tertiary alicyclic amines) is 1. The SMILES string of the molecule is CN1CCCC(Nc2ncc(F)cn2)C1. The van der Waals surface area contributed by atoms with Gasteiger partial charge in [-0.3, -0.25) is 0 Å². The largest absolute Gasteiger partial charge is 0.350 e. The summed E-state index contributed by atoms with van der Waals surface area (Å²) in [5.74, 6) is 0.109. The third-order valence-corrected chi connectivity index (χ3v) is 2.58. The molecule has 0 aromatic carbocycles. The van der Waals surface area contributed by atoms with Crippen molar-refractivity contribution >= 4 is 5.95 Å². The molecule has 1 saturated heterocycles. The first-order valence-corrected chi connectivity index (χ1v) is 5.16. The molecule has 0 radical (unpaired) electrons. The summed E-state index contributed by atoms with van der Waals surface area (Å²) in [6.07, 6.45) is 4.66.